The van der Waals surface area contributed by atoms with Crippen LogP contribution in [0.15, 0.2) is 17.3 Å². The van der Waals surface area contributed by atoms with E-state index >= 15 is 0 Å². The summed E-state index contributed by atoms with van der Waals surface area (Å²) in [6, 6.07) is 0. The topological polar surface area (TPSA) is 74.8 Å². The first-order valence-corrected chi connectivity index (χ1v) is 7.82. The second kappa shape index (κ2) is 4.38. The van der Waals surface area contributed by atoms with E-state index < -0.39 is 10.0 Å². The number of rotatable bonds is 5. The number of hydrogen-bond acceptors (Lipinski definition) is 4. The molecule has 0 unspecified atom stereocenters. The minimum atomic E-state index is -3.39. The summed E-state index contributed by atoms with van der Waals surface area (Å²) in [5.74, 6) is 0. The van der Waals surface area contributed by atoms with Gasteiger partial charge >= 0.3 is 0 Å². The lowest BCUT2D eigenvalue weighted by molar-refractivity contribution is 0.362. The number of H-pyrrole nitrogens is 1. The van der Waals surface area contributed by atoms with Crippen molar-refractivity contribution in [2.45, 2.75) is 28.9 Å². The summed E-state index contributed by atoms with van der Waals surface area (Å²) in [7, 11) is -3.39. The molecule has 1 aromatic rings. The molecular formula is C9H15N3O2S2. The molecule has 1 heterocycles. The van der Waals surface area contributed by atoms with Gasteiger partial charge in [-0.2, -0.15) is 16.9 Å². The van der Waals surface area contributed by atoms with Crippen molar-refractivity contribution in [3.63, 3.8) is 0 Å². The van der Waals surface area contributed by atoms with Crippen LogP contribution in [-0.2, 0) is 10.0 Å². The van der Waals surface area contributed by atoms with Crippen LogP contribution < -0.4 is 4.72 Å². The Morgan fingerprint density at radius 3 is 2.81 bits per heavy atom. The number of nitrogens with one attached hydrogen (secondary N) is 2. The van der Waals surface area contributed by atoms with Crippen molar-refractivity contribution in [2.24, 2.45) is 0 Å². The number of sulfonamides is 1. The molecule has 1 aromatic heterocycles. The average Bonchev–Trinajstić information content (AvgIpc) is 2.70. The van der Waals surface area contributed by atoms with Crippen molar-refractivity contribution in [1.82, 2.24) is 14.9 Å². The average molecular weight is 261 g/mol. The third kappa shape index (κ3) is 2.26. The van der Waals surface area contributed by atoms with E-state index in [1.54, 1.807) is 11.8 Å². The monoisotopic (exact) mass is 261 g/mol. The van der Waals surface area contributed by atoms with E-state index in [1.165, 1.54) is 18.8 Å². The predicted molar refractivity (Wildman–Crippen MR) is 63.9 cm³/mol. The quantitative estimate of drug-likeness (QED) is 0.828. The highest BCUT2D eigenvalue weighted by molar-refractivity contribution is 8.00. The fourth-order valence-corrected chi connectivity index (χ4v) is 3.76. The third-order valence-corrected chi connectivity index (χ3v) is 5.85. The summed E-state index contributed by atoms with van der Waals surface area (Å²) in [6.07, 6.45) is 8.09. The van der Waals surface area contributed by atoms with E-state index in [0.29, 0.717) is 6.54 Å². The molecule has 0 atom stereocenters. The lowest BCUT2D eigenvalue weighted by Crippen LogP contribution is -2.45. The molecule has 0 amide bonds. The zero-order valence-electron chi connectivity index (χ0n) is 9.06. The van der Waals surface area contributed by atoms with Crippen molar-refractivity contribution in [3.8, 4) is 0 Å². The second-order valence-corrected chi connectivity index (χ2v) is 7.04. The first-order chi connectivity index (χ1) is 7.58. The van der Waals surface area contributed by atoms with Gasteiger partial charge in [0.2, 0.25) is 10.0 Å². The number of hydrogen-bond donors (Lipinski definition) is 2. The first kappa shape index (κ1) is 11.9. The zero-order chi connectivity index (χ0) is 11.6. The van der Waals surface area contributed by atoms with Crippen molar-refractivity contribution >= 4 is 21.8 Å². The fraction of sp³-hybridized carbons (Fsp3) is 0.667. The Morgan fingerprint density at radius 2 is 2.38 bits per heavy atom. The molecule has 1 aliphatic rings. The Labute approximate surface area is 99.4 Å². The van der Waals surface area contributed by atoms with Gasteiger partial charge in [-0.05, 0) is 19.1 Å². The van der Waals surface area contributed by atoms with Crippen LogP contribution in [0.25, 0.3) is 0 Å². The summed E-state index contributed by atoms with van der Waals surface area (Å²) in [5.41, 5.74) is 0. The van der Waals surface area contributed by atoms with Gasteiger partial charge < -0.3 is 0 Å². The first-order valence-electron chi connectivity index (χ1n) is 5.12. The smallest absolute Gasteiger partial charge is 0.243 e. The van der Waals surface area contributed by atoms with Crippen LogP contribution in [0.2, 0.25) is 0 Å². The molecule has 16 heavy (non-hydrogen) atoms. The highest BCUT2D eigenvalue weighted by Crippen LogP contribution is 2.42. The van der Waals surface area contributed by atoms with E-state index in [0.717, 1.165) is 12.8 Å². The van der Waals surface area contributed by atoms with Gasteiger partial charge in [-0.1, -0.05) is 6.42 Å². The van der Waals surface area contributed by atoms with Crippen LogP contribution in [0.1, 0.15) is 19.3 Å². The highest BCUT2D eigenvalue weighted by atomic mass is 32.2. The van der Waals surface area contributed by atoms with Gasteiger partial charge in [0.1, 0.15) is 4.90 Å². The van der Waals surface area contributed by atoms with Crippen molar-refractivity contribution in [3.05, 3.63) is 12.4 Å². The van der Waals surface area contributed by atoms with E-state index in [2.05, 4.69) is 14.9 Å². The molecule has 90 valence electrons. The Kier molecular flexibility index (Phi) is 3.27. The number of aromatic nitrogens is 2. The number of nitrogens with zero attached hydrogens (tertiary/aromatic N) is 1. The third-order valence-electron chi connectivity index (χ3n) is 3.07. The minimum absolute atomic E-state index is 0.108. The van der Waals surface area contributed by atoms with Crippen LogP contribution in [0.4, 0.5) is 0 Å². The molecular weight excluding hydrogens is 246 g/mol. The van der Waals surface area contributed by atoms with Gasteiger partial charge in [-0.15, -0.1) is 0 Å². The molecule has 0 aliphatic heterocycles. The summed E-state index contributed by atoms with van der Waals surface area (Å²) in [5, 5.41) is 6.14. The van der Waals surface area contributed by atoms with Gasteiger partial charge in [0, 0.05) is 17.5 Å². The lowest BCUT2D eigenvalue weighted by Gasteiger charge is -2.40. The fourth-order valence-electron chi connectivity index (χ4n) is 1.72. The summed E-state index contributed by atoms with van der Waals surface area (Å²) in [4.78, 5) is 0.197. The number of thioether (sulfide) groups is 1. The highest BCUT2D eigenvalue weighted by Gasteiger charge is 2.37. The maximum Gasteiger partial charge on any atom is 0.243 e. The zero-order valence-corrected chi connectivity index (χ0v) is 10.7. The summed E-state index contributed by atoms with van der Waals surface area (Å²) < 4.78 is 26.4. The lowest BCUT2D eigenvalue weighted by atomic mass is 9.84. The van der Waals surface area contributed by atoms with Crippen LogP contribution in [0.5, 0.6) is 0 Å². The Bertz CT molecular complexity index is 432. The molecule has 0 spiro atoms. The van der Waals surface area contributed by atoms with Crippen LogP contribution in [0, 0.1) is 0 Å². The van der Waals surface area contributed by atoms with E-state index in [1.807, 2.05) is 6.26 Å². The molecule has 0 radical (unpaired) electrons. The second-order valence-electron chi connectivity index (χ2n) is 4.00. The van der Waals surface area contributed by atoms with E-state index in [-0.39, 0.29) is 9.64 Å². The summed E-state index contributed by atoms with van der Waals surface area (Å²) in [6.45, 7) is 0.502. The molecule has 5 nitrogen and oxygen atoms in total. The normalized spacial score (nSPS) is 19.3. The van der Waals surface area contributed by atoms with Crippen LogP contribution >= 0.6 is 11.8 Å². The van der Waals surface area contributed by atoms with Crippen LogP contribution in [-0.4, -0.2) is 36.2 Å². The standard InChI is InChI=1S/C9H15N3O2S2/c1-15-9(3-2-4-9)7-12-16(13,14)8-5-10-11-6-8/h5-6,12H,2-4,7H2,1H3,(H,10,11). The predicted octanol–water partition coefficient (Wildman–Crippen LogP) is 0.974. The molecule has 2 N–H and O–H groups in total. The molecule has 1 fully saturated rings. The van der Waals surface area contributed by atoms with Gasteiger partial charge in [0.15, 0.2) is 0 Å². The minimum Gasteiger partial charge on any atom is -0.284 e. The van der Waals surface area contributed by atoms with Crippen molar-refractivity contribution < 1.29 is 8.42 Å². The Balaban J connectivity index is 2.00. The Morgan fingerprint density at radius 1 is 1.62 bits per heavy atom. The summed E-state index contributed by atoms with van der Waals surface area (Å²) >= 11 is 1.75. The maximum atomic E-state index is 11.8. The largest absolute Gasteiger partial charge is 0.284 e. The van der Waals surface area contributed by atoms with Gasteiger partial charge in [-0.3, -0.25) is 5.10 Å². The molecule has 1 aliphatic carbocycles. The van der Waals surface area contributed by atoms with E-state index in [9.17, 15) is 8.42 Å². The molecule has 7 heteroatoms. The van der Waals surface area contributed by atoms with Crippen molar-refractivity contribution in [2.75, 3.05) is 12.8 Å². The molecule has 0 bridgehead atoms. The Hall–Kier alpha value is -0.530. The van der Waals surface area contributed by atoms with Gasteiger partial charge in [-0.25, -0.2) is 13.1 Å². The van der Waals surface area contributed by atoms with Gasteiger partial charge in [0.25, 0.3) is 0 Å². The van der Waals surface area contributed by atoms with Gasteiger partial charge in [0.05, 0.1) is 6.20 Å². The molecule has 0 saturated heterocycles. The molecule has 2 rings (SSSR count). The van der Waals surface area contributed by atoms with Crippen LogP contribution in [0.3, 0.4) is 0 Å². The maximum absolute atomic E-state index is 11.8. The van der Waals surface area contributed by atoms with Crippen molar-refractivity contribution in [1.29, 1.82) is 0 Å². The SMILES string of the molecule is CSC1(CNS(=O)(=O)c2cn[nH]c2)CCC1. The molecule has 0 aromatic carbocycles. The number of aromatic amines is 1. The molecule has 1 saturated carbocycles. The van der Waals surface area contributed by atoms with E-state index in [4.69, 9.17) is 0 Å².